The zero-order valence-corrected chi connectivity index (χ0v) is 8.23. The number of aromatic nitrogens is 3. The molecule has 0 amide bonds. The summed E-state index contributed by atoms with van der Waals surface area (Å²) in [7, 11) is 0. The Kier molecular flexibility index (Phi) is 2.70. The summed E-state index contributed by atoms with van der Waals surface area (Å²) in [6.07, 6.45) is 4.99. The van der Waals surface area contributed by atoms with Crippen LogP contribution in [0.2, 0.25) is 0 Å². The van der Waals surface area contributed by atoms with Gasteiger partial charge in [-0.05, 0) is 37.0 Å². The van der Waals surface area contributed by atoms with Crippen molar-refractivity contribution in [1.82, 2.24) is 15.0 Å². The lowest BCUT2D eigenvalue weighted by Gasteiger charge is -1.90. The third-order valence-electron chi connectivity index (χ3n) is 1.70. The van der Waals surface area contributed by atoms with Crippen molar-refractivity contribution in [2.75, 3.05) is 0 Å². The largest absolute Gasteiger partial charge is 0.257 e. The van der Waals surface area contributed by atoms with Crippen LogP contribution in [0, 0.1) is 24.8 Å². The maximum atomic E-state index is 4.12. The molecule has 0 aromatic carbocycles. The minimum absolute atomic E-state index is 0.645. The van der Waals surface area contributed by atoms with Crippen LogP contribution in [0.3, 0.4) is 0 Å². The Morgan fingerprint density at radius 1 is 1.07 bits per heavy atom. The second kappa shape index (κ2) is 4.34. The van der Waals surface area contributed by atoms with Gasteiger partial charge in [-0.3, -0.25) is 4.98 Å². The predicted molar refractivity (Wildman–Crippen MR) is 55.8 cm³/mol. The van der Waals surface area contributed by atoms with E-state index in [0.29, 0.717) is 11.4 Å². The van der Waals surface area contributed by atoms with Gasteiger partial charge in [-0.2, -0.15) is 0 Å². The second-order valence-corrected chi connectivity index (χ2v) is 2.93. The number of aryl methyl sites for hydroxylation is 1. The van der Waals surface area contributed by atoms with Crippen molar-refractivity contribution in [1.29, 1.82) is 0 Å². The van der Waals surface area contributed by atoms with Gasteiger partial charge in [-0.1, -0.05) is 0 Å². The van der Waals surface area contributed by atoms with Crippen LogP contribution in [-0.2, 0) is 0 Å². The smallest absolute Gasteiger partial charge is 0.131 e. The zero-order valence-electron chi connectivity index (χ0n) is 8.23. The first-order valence-corrected chi connectivity index (χ1v) is 4.47. The highest BCUT2D eigenvalue weighted by molar-refractivity contribution is 5.34. The molecule has 3 heteroatoms. The van der Waals surface area contributed by atoms with Crippen molar-refractivity contribution in [2.24, 2.45) is 0 Å². The van der Waals surface area contributed by atoms with E-state index in [9.17, 15) is 0 Å². The monoisotopic (exact) mass is 194 g/mol. The number of pyridine rings is 1. The summed E-state index contributed by atoms with van der Waals surface area (Å²) in [4.78, 5) is 12.3. The summed E-state index contributed by atoms with van der Waals surface area (Å²) in [5, 5.41) is 0. The van der Waals surface area contributed by atoms with Gasteiger partial charge in [0, 0.05) is 12.4 Å². The van der Waals surface area contributed by atoms with E-state index in [0.717, 1.165) is 5.69 Å². The van der Waals surface area contributed by atoms with E-state index < -0.39 is 0 Å². The minimum atomic E-state index is 0.645. The summed E-state index contributed by atoms with van der Waals surface area (Å²) < 4.78 is 0. The van der Waals surface area contributed by atoms with Gasteiger partial charge < -0.3 is 0 Å². The molecule has 0 saturated carbocycles. The van der Waals surface area contributed by atoms with E-state index in [1.165, 1.54) is 0 Å². The number of hydrogen-bond acceptors (Lipinski definition) is 3. The molecule has 0 saturated heterocycles. The van der Waals surface area contributed by atoms with Gasteiger partial charge in [0.25, 0.3) is 0 Å². The van der Waals surface area contributed by atoms with E-state index >= 15 is 0 Å². The summed E-state index contributed by atoms with van der Waals surface area (Å²) in [5.74, 6) is 5.77. The molecule has 0 bridgehead atoms. The highest BCUT2D eigenvalue weighted by atomic mass is 14.8. The van der Waals surface area contributed by atoms with Crippen LogP contribution in [-0.4, -0.2) is 15.0 Å². The fourth-order valence-electron chi connectivity index (χ4n) is 0.978. The highest BCUT2D eigenvalue weighted by Gasteiger charge is 1.89. The van der Waals surface area contributed by atoms with E-state index in [-0.39, 0.29) is 0 Å². The van der Waals surface area contributed by atoms with E-state index in [1.54, 1.807) is 30.7 Å². The van der Waals surface area contributed by atoms with E-state index in [4.69, 9.17) is 0 Å². The summed E-state index contributed by atoms with van der Waals surface area (Å²) in [6, 6.07) is 6.37. The van der Waals surface area contributed by atoms with Crippen molar-refractivity contribution in [3.63, 3.8) is 0 Å². The average Bonchev–Trinajstić information content (AvgIpc) is 2.30. The van der Waals surface area contributed by atoms with Gasteiger partial charge in [0.1, 0.15) is 11.4 Å². The highest BCUT2D eigenvalue weighted by Crippen LogP contribution is 1.93. The Bertz CT molecular complexity index is 492. The van der Waals surface area contributed by atoms with Gasteiger partial charge in [0.05, 0.1) is 11.9 Å². The minimum Gasteiger partial charge on any atom is -0.257 e. The van der Waals surface area contributed by atoms with Crippen LogP contribution in [0.15, 0.2) is 30.7 Å². The third kappa shape index (κ3) is 2.61. The lowest BCUT2D eigenvalue weighted by atomic mass is 10.3. The molecule has 0 N–H and O–H groups in total. The summed E-state index contributed by atoms with van der Waals surface area (Å²) >= 11 is 0. The van der Waals surface area contributed by atoms with E-state index in [2.05, 4.69) is 32.9 Å². The quantitative estimate of drug-likeness (QED) is 0.595. The molecule has 0 aliphatic heterocycles. The van der Waals surface area contributed by atoms with Crippen molar-refractivity contribution >= 4 is 0 Å². The Hall–Kier alpha value is -2.21. The van der Waals surface area contributed by atoms with E-state index in [1.807, 2.05) is 6.92 Å². The van der Waals surface area contributed by atoms with Crippen molar-refractivity contribution in [2.45, 2.75) is 6.92 Å². The van der Waals surface area contributed by atoms with Crippen molar-refractivity contribution in [3.05, 3.63) is 53.9 Å². The molecule has 2 aromatic rings. The van der Waals surface area contributed by atoms with Crippen molar-refractivity contribution in [3.8, 4) is 11.8 Å². The molecule has 3 nitrogen and oxygen atoms in total. The molecule has 1 radical (unpaired) electrons. The average molecular weight is 194 g/mol. The Morgan fingerprint density at radius 2 is 1.93 bits per heavy atom. The molecule has 0 atom stereocenters. The van der Waals surface area contributed by atoms with Crippen LogP contribution in [0.25, 0.3) is 0 Å². The number of hydrogen-bond donors (Lipinski definition) is 0. The van der Waals surface area contributed by atoms with Gasteiger partial charge in [0.15, 0.2) is 0 Å². The molecule has 0 fully saturated rings. The lowest BCUT2D eigenvalue weighted by molar-refractivity contribution is 1.10. The first-order chi connectivity index (χ1) is 7.34. The number of nitrogens with zero attached hydrogens (tertiary/aromatic N) is 3. The Morgan fingerprint density at radius 3 is 2.60 bits per heavy atom. The first-order valence-electron chi connectivity index (χ1n) is 4.47. The molecule has 0 aliphatic carbocycles. The van der Waals surface area contributed by atoms with Crippen LogP contribution in [0.5, 0.6) is 0 Å². The Labute approximate surface area is 88.2 Å². The lowest BCUT2D eigenvalue weighted by Crippen LogP contribution is -1.87. The van der Waals surface area contributed by atoms with Gasteiger partial charge in [0.2, 0.25) is 0 Å². The molecule has 0 spiro atoms. The molecular weight excluding hydrogens is 186 g/mol. The fourth-order valence-corrected chi connectivity index (χ4v) is 0.978. The maximum absolute atomic E-state index is 4.12. The maximum Gasteiger partial charge on any atom is 0.131 e. The van der Waals surface area contributed by atoms with Crippen LogP contribution < -0.4 is 0 Å². The molecular formula is C12H8N3. The topological polar surface area (TPSA) is 38.7 Å². The van der Waals surface area contributed by atoms with Gasteiger partial charge >= 0.3 is 0 Å². The molecule has 2 rings (SSSR count). The van der Waals surface area contributed by atoms with Gasteiger partial charge in [-0.15, -0.1) is 0 Å². The SMILES string of the molecule is Cc1cnc(C#Cc2c[c]ccn2)cn1. The number of rotatable bonds is 0. The molecule has 0 unspecified atom stereocenters. The van der Waals surface area contributed by atoms with Crippen LogP contribution in [0.4, 0.5) is 0 Å². The first kappa shape index (κ1) is 9.35. The zero-order chi connectivity index (χ0) is 10.5. The normalized spacial score (nSPS) is 9.13. The Balaban J connectivity index is 2.22. The molecule has 15 heavy (non-hydrogen) atoms. The van der Waals surface area contributed by atoms with Crippen molar-refractivity contribution < 1.29 is 0 Å². The summed E-state index contributed by atoms with van der Waals surface area (Å²) in [6.45, 7) is 1.89. The molecule has 71 valence electrons. The third-order valence-corrected chi connectivity index (χ3v) is 1.70. The standard InChI is InChI=1S/C12H8N3/c1-10-8-15-12(9-14-10)6-5-11-4-2-3-7-13-11/h3-4,7-9H,1H3. The molecule has 2 heterocycles. The molecule has 0 aliphatic rings. The summed E-state index contributed by atoms with van der Waals surface area (Å²) in [5.41, 5.74) is 2.21. The second-order valence-electron chi connectivity index (χ2n) is 2.93. The van der Waals surface area contributed by atoms with Gasteiger partial charge in [-0.25, -0.2) is 9.97 Å². The van der Waals surface area contributed by atoms with Crippen LogP contribution >= 0.6 is 0 Å². The predicted octanol–water partition coefficient (Wildman–Crippen LogP) is 1.38. The van der Waals surface area contributed by atoms with Crippen LogP contribution in [0.1, 0.15) is 17.1 Å². The molecule has 2 aromatic heterocycles. The fraction of sp³-hybridized carbons (Fsp3) is 0.0833.